The smallest absolute Gasteiger partial charge is 0.0705 e. The number of rotatable bonds is 5. The maximum absolute atomic E-state index is 5.62. The molecule has 0 bridgehead atoms. The molecule has 0 unspecified atom stereocenters. The lowest BCUT2D eigenvalue weighted by Crippen LogP contribution is -1.99. The van der Waals surface area contributed by atoms with E-state index in [9.17, 15) is 0 Å². The third-order valence-corrected chi connectivity index (χ3v) is 5.16. The first kappa shape index (κ1) is 13.9. The minimum absolute atomic E-state index is 0.766. The summed E-state index contributed by atoms with van der Waals surface area (Å²) < 4.78 is 1.17. The first-order valence-electron chi connectivity index (χ1n) is 6.85. The van der Waals surface area contributed by atoms with Gasteiger partial charge in [0.05, 0.1) is 14.4 Å². The van der Waals surface area contributed by atoms with Gasteiger partial charge in [0.1, 0.15) is 0 Å². The van der Waals surface area contributed by atoms with E-state index >= 15 is 0 Å². The number of aromatic amines is 1. The van der Waals surface area contributed by atoms with Crippen LogP contribution in [0.15, 0.2) is 40.2 Å². The highest BCUT2D eigenvalue weighted by Gasteiger charge is 2.13. The molecule has 0 amide bonds. The molecule has 0 atom stereocenters. The summed E-state index contributed by atoms with van der Waals surface area (Å²) in [6, 6.07) is 12.8. The van der Waals surface area contributed by atoms with Crippen molar-refractivity contribution in [3.63, 3.8) is 0 Å². The van der Waals surface area contributed by atoms with Gasteiger partial charge in [0.25, 0.3) is 0 Å². The molecule has 0 radical (unpaired) electrons. The van der Waals surface area contributed by atoms with Crippen LogP contribution in [0, 0.1) is 0 Å². The molecule has 0 aliphatic heterocycles. The standard InChI is InChI=1S/C16H17BrN2S/c17-15-9-8-14(20-15)16-12(6-3-4-10-18)11-5-1-2-7-13(11)19-16/h1-2,5,7-9,19H,3-4,6,10,18H2. The molecule has 2 heterocycles. The fourth-order valence-corrected chi connectivity index (χ4v) is 3.98. The Morgan fingerprint density at radius 3 is 2.70 bits per heavy atom. The Kier molecular flexibility index (Phi) is 4.24. The number of para-hydroxylation sites is 1. The lowest BCUT2D eigenvalue weighted by Gasteiger charge is -2.03. The van der Waals surface area contributed by atoms with Crippen LogP contribution in [-0.4, -0.2) is 11.5 Å². The van der Waals surface area contributed by atoms with Crippen LogP contribution in [0.4, 0.5) is 0 Å². The number of benzene rings is 1. The molecule has 0 fully saturated rings. The summed E-state index contributed by atoms with van der Waals surface area (Å²) in [6.07, 6.45) is 3.29. The summed E-state index contributed by atoms with van der Waals surface area (Å²) in [6.45, 7) is 0.766. The first-order chi connectivity index (χ1) is 9.79. The molecule has 3 N–H and O–H groups in total. The van der Waals surface area contributed by atoms with Crippen molar-refractivity contribution in [3.8, 4) is 10.6 Å². The molecule has 0 aliphatic carbocycles. The zero-order chi connectivity index (χ0) is 13.9. The van der Waals surface area contributed by atoms with Gasteiger partial charge in [0, 0.05) is 10.9 Å². The molecule has 4 heteroatoms. The van der Waals surface area contributed by atoms with Crippen LogP contribution < -0.4 is 5.73 Å². The van der Waals surface area contributed by atoms with E-state index in [0.717, 1.165) is 25.8 Å². The third-order valence-electron chi connectivity index (χ3n) is 3.51. The fraction of sp³-hybridized carbons (Fsp3) is 0.250. The average molecular weight is 349 g/mol. The first-order valence-corrected chi connectivity index (χ1v) is 8.46. The molecule has 0 aliphatic rings. The molecule has 2 nitrogen and oxygen atoms in total. The largest absolute Gasteiger partial charge is 0.354 e. The van der Waals surface area contributed by atoms with Crippen LogP contribution in [0.2, 0.25) is 0 Å². The number of nitrogens with two attached hydrogens (primary N) is 1. The second-order valence-electron chi connectivity index (χ2n) is 4.87. The molecule has 0 spiro atoms. The van der Waals surface area contributed by atoms with Crippen LogP contribution in [0.1, 0.15) is 18.4 Å². The highest BCUT2D eigenvalue weighted by molar-refractivity contribution is 9.11. The van der Waals surface area contributed by atoms with Gasteiger partial charge in [0.15, 0.2) is 0 Å². The van der Waals surface area contributed by atoms with Crippen molar-refractivity contribution >= 4 is 38.2 Å². The molecular weight excluding hydrogens is 332 g/mol. The molecule has 20 heavy (non-hydrogen) atoms. The van der Waals surface area contributed by atoms with Crippen molar-refractivity contribution in [2.45, 2.75) is 19.3 Å². The topological polar surface area (TPSA) is 41.8 Å². The number of hydrogen-bond donors (Lipinski definition) is 2. The minimum atomic E-state index is 0.766. The number of fused-ring (bicyclic) bond motifs is 1. The van der Waals surface area contributed by atoms with Crippen molar-refractivity contribution in [1.29, 1.82) is 0 Å². The van der Waals surface area contributed by atoms with E-state index in [1.165, 1.54) is 30.8 Å². The normalized spacial score (nSPS) is 11.3. The molecule has 3 aromatic rings. The summed E-state index contributed by atoms with van der Waals surface area (Å²) in [5.74, 6) is 0. The van der Waals surface area contributed by atoms with Crippen LogP contribution in [0.5, 0.6) is 0 Å². The summed E-state index contributed by atoms with van der Waals surface area (Å²) in [5.41, 5.74) is 9.52. The summed E-state index contributed by atoms with van der Waals surface area (Å²) in [4.78, 5) is 4.87. The van der Waals surface area contributed by atoms with Gasteiger partial charge >= 0.3 is 0 Å². The number of thiophene rings is 1. The number of unbranched alkanes of at least 4 members (excludes halogenated alkanes) is 1. The second kappa shape index (κ2) is 6.12. The predicted molar refractivity (Wildman–Crippen MR) is 91.3 cm³/mol. The Labute approximate surface area is 131 Å². The van der Waals surface area contributed by atoms with E-state index in [1.54, 1.807) is 11.3 Å². The van der Waals surface area contributed by atoms with E-state index in [1.807, 2.05) is 0 Å². The zero-order valence-electron chi connectivity index (χ0n) is 11.2. The van der Waals surface area contributed by atoms with Crippen molar-refractivity contribution in [3.05, 3.63) is 45.7 Å². The number of aryl methyl sites for hydroxylation is 1. The Bertz CT molecular complexity index is 714. The monoisotopic (exact) mass is 348 g/mol. The van der Waals surface area contributed by atoms with Gasteiger partial charge < -0.3 is 10.7 Å². The van der Waals surface area contributed by atoms with Crippen molar-refractivity contribution in [2.75, 3.05) is 6.54 Å². The lowest BCUT2D eigenvalue weighted by atomic mass is 10.0. The number of nitrogens with one attached hydrogen (secondary N) is 1. The van der Waals surface area contributed by atoms with Gasteiger partial charge in [-0.25, -0.2) is 0 Å². The molecule has 1 aromatic carbocycles. The van der Waals surface area contributed by atoms with Crippen LogP contribution in [0.25, 0.3) is 21.5 Å². The van der Waals surface area contributed by atoms with E-state index in [0.29, 0.717) is 0 Å². The van der Waals surface area contributed by atoms with E-state index in [-0.39, 0.29) is 0 Å². The number of H-pyrrole nitrogens is 1. The van der Waals surface area contributed by atoms with E-state index in [4.69, 9.17) is 5.73 Å². The highest BCUT2D eigenvalue weighted by Crippen LogP contribution is 2.36. The molecule has 2 aromatic heterocycles. The molecule has 0 saturated carbocycles. The van der Waals surface area contributed by atoms with Gasteiger partial charge in [-0.05, 0) is 65.5 Å². The zero-order valence-corrected chi connectivity index (χ0v) is 13.6. The number of hydrogen-bond acceptors (Lipinski definition) is 2. The van der Waals surface area contributed by atoms with Gasteiger partial charge in [-0.3, -0.25) is 0 Å². The Morgan fingerprint density at radius 1 is 1.10 bits per heavy atom. The maximum Gasteiger partial charge on any atom is 0.0705 e. The van der Waals surface area contributed by atoms with Gasteiger partial charge in [-0.1, -0.05) is 18.2 Å². The minimum Gasteiger partial charge on any atom is -0.354 e. The van der Waals surface area contributed by atoms with Gasteiger partial charge in [-0.2, -0.15) is 0 Å². The quantitative estimate of drug-likeness (QED) is 0.630. The summed E-state index contributed by atoms with van der Waals surface area (Å²) in [5, 5.41) is 1.34. The molecule has 0 saturated heterocycles. The third kappa shape index (κ3) is 2.68. The second-order valence-corrected chi connectivity index (χ2v) is 7.34. The van der Waals surface area contributed by atoms with Gasteiger partial charge in [0.2, 0.25) is 0 Å². The fourth-order valence-electron chi connectivity index (χ4n) is 2.56. The SMILES string of the molecule is NCCCCc1c(-c2ccc(Br)s2)[nH]c2ccccc12. The van der Waals surface area contributed by atoms with Gasteiger partial charge in [-0.15, -0.1) is 11.3 Å². The Morgan fingerprint density at radius 2 is 1.95 bits per heavy atom. The van der Waals surface area contributed by atoms with Crippen LogP contribution in [-0.2, 0) is 6.42 Å². The summed E-state index contributed by atoms with van der Waals surface area (Å²) >= 11 is 5.32. The van der Waals surface area contributed by atoms with Crippen molar-refractivity contribution in [2.24, 2.45) is 5.73 Å². The highest BCUT2D eigenvalue weighted by atomic mass is 79.9. The average Bonchev–Trinajstić information content (AvgIpc) is 3.03. The Hall–Kier alpha value is -1.10. The number of aromatic nitrogens is 1. The van der Waals surface area contributed by atoms with E-state index < -0.39 is 0 Å². The predicted octanol–water partition coefficient (Wildman–Crippen LogP) is 4.94. The Balaban J connectivity index is 2.07. The van der Waals surface area contributed by atoms with Crippen molar-refractivity contribution in [1.82, 2.24) is 4.98 Å². The van der Waals surface area contributed by atoms with E-state index in [2.05, 4.69) is 57.3 Å². The van der Waals surface area contributed by atoms with Crippen LogP contribution in [0.3, 0.4) is 0 Å². The molecular formula is C16H17BrN2S. The molecule has 3 rings (SSSR count). The lowest BCUT2D eigenvalue weighted by molar-refractivity contribution is 0.748. The maximum atomic E-state index is 5.62. The summed E-state index contributed by atoms with van der Waals surface area (Å²) in [7, 11) is 0. The van der Waals surface area contributed by atoms with Crippen molar-refractivity contribution < 1.29 is 0 Å². The van der Waals surface area contributed by atoms with Crippen LogP contribution >= 0.6 is 27.3 Å². The number of halogens is 1. The molecule has 104 valence electrons.